The molecule has 0 aliphatic carbocycles. The molecule has 0 unspecified atom stereocenters. The predicted octanol–water partition coefficient (Wildman–Crippen LogP) is 3.50. The van der Waals surface area contributed by atoms with Crippen molar-refractivity contribution in [3.63, 3.8) is 0 Å². The molecule has 0 spiro atoms. The smallest absolute Gasteiger partial charge is 0.409 e. The highest BCUT2D eigenvalue weighted by Gasteiger charge is 2.23. The molecule has 0 saturated carbocycles. The molecule has 3 N–H and O–H groups in total. The van der Waals surface area contributed by atoms with Gasteiger partial charge in [0, 0.05) is 23.9 Å². The van der Waals surface area contributed by atoms with Crippen molar-refractivity contribution in [2.75, 3.05) is 6.61 Å². The molecule has 0 atom stereocenters. The molecule has 8 heteroatoms. The van der Waals surface area contributed by atoms with E-state index in [1.165, 1.54) is 6.33 Å². The van der Waals surface area contributed by atoms with Crippen LogP contribution in [-0.2, 0) is 12.0 Å². The van der Waals surface area contributed by atoms with Crippen LogP contribution >= 0.6 is 11.6 Å². The summed E-state index contributed by atoms with van der Waals surface area (Å²) >= 11 is 6.34. The monoisotopic (exact) mass is 388 g/mol. The van der Waals surface area contributed by atoms with E-state index in [2.05, 4.69) is 9.97 Å². The minimum absolute atomic E-state index is 0.0243. The van der Waals surface area contributed by atoms with Gasteiger partial charge in [0.1, 0.15) is 22.9 Å². The zero-order valence-electron chi connectivity index (χ0n) is 15.4. The van der Waals surface area contributed by atoms with Gasteiger partial charge < -0.3 is 20.1 Å². The van der Waals surface area contributed by atoms with Crippen molar-refractivity contribution in [1.29, 1.82) is 0 Å². The molecule has 0 aliphatic rings. The number of ether oxygens (including phenoxy) is 1. The Labute approximate surface area is 161 Å². The van der Waals surface area contributed by atoms with E-state index in [0.29, 0.717) is 28.5 Å². The van der Waals surface area contributed by atoms with E-state index < -0.39 is 6.09 Å². The number of nitrogens with zero attached hydrogens (tertiary/aromatic N) is 3. The fourth-order valence-corrected chi connectivity index (χ4v) is 3.29. The van der Waals surface area contributed by atoms with E-state index in [1.807, 2.05) is 43.7 Å². The normalized spacial score (nSPS) is 11.7. The van der Waals surface area contributed by atoms with Crippen LogP contribution in [0.25, 0.3) is 22.2 Å². The van der Waals surface area contributed by atoms with Crippen molar-refractivity contribution in [1.82, 2.24) is 14.5 Å². The minimum atomic E-state index is -0.857. The predicted molar refractivity (Wildman–Crippen MR) is 104 cm³/mol. The van der Waals surface area contributed by atoms with Gasteiger partial charge in [0.25, 0.3) is 0 Å². The average molecular weight is 389 g/mol. The number of primary amides is 1. The van der Waals surface area contributed by atoms with Gasteiger partial charge in [0.15, 0.2) is 0 Å². The van der Waals surface area contributed by atoms with Crippen LogP contribution in [0.3, 0.4) is 0 Å². The Kier molecular flexibility index (Phi) is 5.08. The van der Waals surface area contributed by atoms with Gasteiger partial charge in [-0.3, -0.25) is 0 Å². The number of hydrogen-bond acceptors (Lipinski definition) is 5. The van der Waals surface area contributed by atoms with Crippen LogP contribution in [0.15, 0.2) is 30.7 Å². The molecule has 27 heavy (non-hydrogen) atoms. The van der Waals surface area contributed by atoms with Crippen molar-refractivity contribution in [2.45, 2.75) is 32.7 Å². The number of hydrogen-bond donors (Lipinski definition) is 2. The lowest BCUT2D eigenvalue weighted by Crippen LogP contribution is -2.20. The molecular formula is C19H21ClN4O3. The average Bonchev–Trinajstić information content (AvgIpc) is 2.94. The van der Waals surface area contributed by atoms with Gasteiger partial charge in [0.05, 0.1) is 12.0 Å². The van der Waals surface area contributed by atoms with Crippen LogP contribution in [0.4, 0.5) is 4.79 Å². The Morgan fingerprint density at radius 2 is 2.07 bits per heavy atom. The Morgan fingerprint density at radius 1 is 1.33 bits per heavy atom. The molecule has 0 radical (unpaired) electrons. The lowest BCUT2D eigenvalue weighted by atomic mass is 9.84. The highest BCUT2D eigenvalue weighted by Crippen LogP contribution is 2.39. The minimum Gasteiger partial charge on any atom is -0.410 e. The summed E-state index contributed by atoms with van der Waals surface area (Å²) in [5, 5.41) is 10.4. The molecule has 3 rings (SSSR count). The highest BCUT2D eigenvalue weighted by atomic mass is 35.5. The molecule has 0 saturated heterocycles. The van der Waals surface area contributed by atoms with Gasteiger partial charge in [-0.25, -0.2) is 14.8 Å². The van der Waals surface area contributed by atoms with Crippen LogP contribution in [0.5, 0.6) is 5.75 Å². The molecule has 2 heterocycles. The molecule has 0 bridgehead atoms. The number of benzene rings is 1. The Morgan fingerprint density at radius 3 is 2.70 bits per heavy atom. The highest BCUT2D eigenvalue weighted by molar-refractivity contribution is 6.35. The summed E-state index contributed by atoms with van der Waals surface area (Å²) in [6.07, 6.45) is 2.43. The van der Waals surface area contributed by atoms with Gasteiger partial charge >= 0.3 is 6.09 Å². The molecule has 142 valence electrons. The second-order valence-electron chi connectivity index (χ2n) is 7.20. The lowest BCUT2D eigenvalue weighted by molar-refractivity contribution is 0.210. The summed E-state index contributed by atoms with van der Waals surface area (Å²) in [4.78, 5) is 19.6. The summed E-state index contributed by atoms with van der Waals surface area (Å²) < 4.78 is 7.00. The summed E-state index contributed by atoms with van der Waals surface area (Å²) in [5.74, 6) is 0.417. The van der Waals surface area contributed by atoms with E-state index >= 15 is 0 Å². The Balaban J connectivity index is 2.24. The summed E-state index contributed by atoms with van der Waals surface area (Å²) in [7, 11) is 0. The molecule has 3 aromatic rings. The topological polar surface area (TPSA) is 103 Å². The van der Waals surface area contributed by atoms with Crippen LogP contribution in [-0.4, -0.2) is 32.3 Å². The lowest BCUT2D eigenvalue weighted by Gasteiger charge is -2.22. The van der Waals surface area contributed by atoms with Gasteiger partial charge in [-0.1, -0.05) is 38.4 Å². The third-order valence-electron chi connectivity index (χ3n) is 4.26. The molecule has 1 amide bonds. The number of halogens is 1. The zero-order chi connectivity index (χ0) is 19.8. The first-order valence-corrected chi connectivity index (χ1v) is 8.82. The van der Waals surface area contributed by atoms with Gasteiger partial charge in [-0.2, -0.15) is 0 Å². The summed E-state index contributed by atoms with van der Waals surface area (Å²) in [6, 6.07) is 5.49. The van der Waals surface area contributed by atoms with Crippen molar-refractivity contribution >= 4 is 28.7 Å². The molecular weight excluding hydrogens is 368 g/mol. The first-order chi connectivity index (χ1) is 12.7. The summed E-state index contributed by atoms with van der Waals surface area (Å²) in [6.45, 7) is 6.42. The van der Waals surface area contributed by atoms with Gasteiger partial charge in [-0.05, 0) is 23.1 Å². The van der Waals surface area contributed by atoms with Crippen molar-refractivity contribution in [3.05, 3.63) is 41.4 Å². The van der Waals surface area contributed by atoms with Crippen molar-refractivity contribution in [3.8, 4) is 16.9 Å². The molecule has 7 nitrogen and oxygen atoms in total. The number of carbonyl (C=O) groups is 1. The molecule has 1 aromatic carbocycles. The fraction of sp³-hybridized carbons (Fsp3) is 0.316. The van der Waals surface area contributed by atoms with E-state index in [0.717, 1.165) is 16.7 Å². The fourth-order valence-electron chi connectivity index (χ4n) is 3.06. The quantitative estimate of drug-likeness (QED) is 0.666. The first kappa shape index (κ1) is 19.1. The number of rotatable bonds is 4. The van der Waals surface area contributed by atoms with Crippen molar-refractivity contribution < 1.29 is 14.6 Å². The maximum atomic E-state index is 11.2. The zero-order valence-corrected chi connectivity index (χ0v) is 16.1. The van der Waals surface area contributed by atoms with E-state index in [9.17, 15) is 9.90 Å². The number of aliphatic hydroxyl groups excluding tert-OH is 1. The summed E-state index contributed by atoms with van der Waals surface area (Å²) in [5.41, 5.74) is 8.09. The molecule has 0 fully saturated rings. The number of carbonyl (C=O) groups excluding carboxylic acids is 1. The molecule has 2 aromatic heterocycles. The number of nitrogens with two attached hydrogens (primary N) is 1. The second kappa shape index (κ2) is 7.17. The molecule has 0 aliphatic heterocycles. The van der Waals surface area contributed by atoms with Gasteiger partial charge in [-0.15, -0.1) is 0 Å². The largest absolute Gasteiger partial charge is 0.410 e. The number of fused-ring (bicyclic) bond motifs is 1. The Hall–Kier alpha value is -2.64. The third kappa shape index (κ3) is 3.74. The second-order valence-corrected chi connectivity index (χ2v) is 7.56. The third-order valence-corrected chi connectivity index (χ3v) is 4.54. The standard InChI is InChI=1S/C19H21ClN4O3/c1-19(2,3)13-8-11(4-5-14(13)27-18(21)26)12-9-24(6-7-25)17-15(12)16(20)22-10-23-17/h4-5,8-10,25H,6-7H2,1-3H3,(H2,21,26). The van der Waals surface area contributed by atoms with E-state index in [1.54, 1.807) is 6.07 Å². The van der Waals surface area contributed by atoms with E-state index in [4.69, 9.17) is 22.1 Å². The maximum absolute atomic E-state index is 11.2. The number of amides is 1. The van der Waals surface area contributed by atoms with Crippen molar-refractivity contribution in [2.24, 2.45) is 5.73 Å². The van der Waals surface area contributed by atoms with Crippen LogP contribution in [0.1, 0.15) is 26.3 Å². The number of aromatic nitrogens is 3. The first-order valence-electron chi connectivity index (χ1n) is 8.44. The SMILES string of the molecule is CC(C)(C)c1cc(-c2cn(CCO)c3ncnc(Cl)c23)ccc1OC(N)=O. The van der Waals surface area contributed by atoms with Crippen LogP contribution in [0.2, 0.25) is 5.15 Å². The van der Waals surface area contributed by atoms with E-state index in [-0.39, 0.29) is 12.0 Å². The van der Waals surface area contributed by atoms with Crippen LogP contribution < -0.4 is 10.5 Å². The maximum Gasteiger partial charge on any atom is 0.409 e. The Bertz CT molecular complexity index is 1010. The van der Waals surface area contributed by atoms with Gasteiger partial charge in [0.2, 0.25) is 0 Å². The van der Waals surface area contributed by atoms with Crippen LogP contribution in [0, 0.1) is 0 Å². The number of aliphatic hydroxyl groups is 1.